The summed E-state index contributed by atoms with van der Waals surface area (Å²) in [7, 11) is 0. The monoisotopic (exact) mass is 249 g/mol. The highest BCUT2D eigenvalue weighted by atomic mass is 16.5. The average molecular weight is 249 g/mol. The Balaban J connectivity index is 1.83. The second-order valence-corrected chi connectivity index (χ2v) is 5.03. The molecule has 1 fully saturated rings. The summed E-state index contributed by atoms with van der Waals surface area (Å²) in [6.45, 7) is 6.15. The first-order valence-corrected chi connectivity index (χ1v) is 6.84. The molecule has 0 saturated carbocycles. The Kier molecular flexibility index (Phi) is 4.81. The van der Waals surface area contributed by atoms with E-state index in [-0.39, 0.29) is 6.10 Å². The molecule has 2 rings (SSSR count). The van der Waals surface area contributed by atoms with Crippen LogP contribution < -0.4 is 15.4 Å². The molecular formula is C14H23N3O. The Morgan fingerprint density at radius 1 is 1.56 bits per heavy atom. The Hall–Kier alpha value is -1.29. The SMILES string of the molecule is CC(C)Oc1cccnc1NCC[C@H]1CCCN1. The predicted molar refractivity (Wildman–Crippen MR) is 74.1 cm³/mol. The van der Waals surface area contributed by atoms with Gasteiger partial charge in [0.2, 0.25) is 0 Å². The molecule has 18 heavy (non-hydrogen) atoms. The second kappa shape index (κ2) is 6.59. The molecule has 0 bridgehead atoms. The number of anilines is 1. The van der Waals surface area contributed by atoms with Gasteiger partial charge in [-0.25, -0.2) is 4.98 Å². The molecular weight excluding hydrogens is 226 g/mol. The van der Waals surface area contributed by atoms with Crippen LogP contribution in [0, 0.1) is 0 Å². The van der Waals surface area contributed by atoms with Gasteiger partial charge in [-0.15, -0.1) is 0 Å². The third-order valence-electron chi connectivity index (χ3n) is 3.08. The summed E-state index contributed by atoms with van der Waals surface area (Å²) in [5.74, 6) is 1.69. The smallest absolute Gasteiger partial charge is 0.168 e. The number of rotatable bonds is 6. The second-order valence-electron chi connectivity index (χ2n) is 5.03. The Morgan fingerprint density at radius 2 is 2.44 bits per heavy atom. The fraction of sp³-hybridized carbons (Fsp3) is 0.643. The zero-order valence-corrected chi connectivity index (χ0v) is 11.3. The van der Waals surface area contributed by atoms with Crippen LogP contribution in [0.4, 0.5) is 5.82 Å². The minimum atomic E-state index is 0.172. The highest BCUT2D eigenvalue weighted by molar-refractivity contribution is 5.49. The molecule has 4 heteroatoms. The highest BCUT2D eigenvalue weighted by Gasteiger charge is 2.13. The molecule has 0 aliphatic carbocycles. The van der Waals surface area contributed by atoms with E-state index < -0.39 is 0 Å². The Morgan fingerprint density at radius 3 is 3.17 bits per heavy atom. The van der Waals surface area contributed by atoms with Crippen LogP contribution >= 0.6 is 0 Å². The molecule has 100 valence electrons. The van der Waals surface area contributed by atoms with Crippen molar-refractivity contribution in [3.63, 3.8) is 0 Å². The van der Waals surface area contributed by atoms with E-state index in [1.807, 2.05) is 26.0 Å². The number of hydrogen-bond acceptors (Lipinski definition) is 4. The van der Waals surface area contributed by atoms with Gasteiger partial charge in [-0.1, -0.05) is 0 Å². The van der Waals surface area contributed by atoms with E-state index >= 15 is 0 Å². The lowest BCUT2D eigenvalue weighted by atomic mass is 10.1. The predicted octanol–water partition coefficient (Wildman–Crippen LogP) is 2.42. The summed E-state index contributed by atoms with van der Waals surface area (Å²) < 4.78 is 5.73. The largest absolute Gasteiger partial charge is 0.487 e. The summed E-state index contributed by atoms with van der Waals surface area (Å²) in [5.41, 5.74) is 0. The molecule has 0 aromatic carbocycles. The van der Waals surface area contributed by atoms with Crippen LogP contribution in [0.25, 0.3) is 0 Å². The molecule has 0 unspecified atom stereocenters. The van der Waals surface area contributed by atoms with Crippen LogP contribution in [0.15, 0.2) is 18.3 Å². The van der Waals surface area contributed by atoms with Gasteiger partial charge < -0.3 is 15.4 Å². The first-order valence-electron chi connectivity index (χ1n) is 6.84. The van der Waals surface area contributed by atoms with Crippen molar-refractivity contribution in [1.29, 1.82) is 0 Å². The lowest BCUT2D eigenvalue weighted by Crippen LogP contribution is -2.24. The third kappa shape index (κ3) is 3.88. The maximum absolute atomic E-state index is 5.73. The average Bonchev–Trinajstić information content (AvgIpc) is 2.84. The Bertz CT molecular complexity index is 362. The zero-order valence-electron chi connectivity index (χ0n) is 11.3. The number of nitrogens with zero attached hydrogens (tertiary/aromatic N) is 1. The summed E-state index contributed by atoms with van der Waals surface area (Å²) >= 11 is 0. The minimum Gasteiger partial charge on any atom is -0.487 e. The topological polar surface area (TPSA) is 46.2 Å². The number of ether oxygens (including phenoxy) is 1. The molecule has 1 aliphatic rings. The van der Waals surface area contributed by atoms with Gasteiger partial charge in [0.05, 0.1) is 6.10 Å². The molecule has 1 aromatic heterocycles. The summed E-state index contributed by atoms with van der Waals surface area (Å²) in [6.07, 6.45) is 5.70. The van der Waals surface area contributed by atoms with E-state index in [0.717, 1.165) is 31.1 Å². The van der Waals surface area contributed by atoms with Gasteiger partial charge in [0.1, 0.15) is 0 Å². The summed E-state index contributed by atoms with van der Waals surface area (Å²) in [4.78, 5) is 4.34. The number of hydrogen-bond donors (Lipinski definition) is 2. The molecule has 1 aromatic rings. The van der Waals surface area contributed by atoms with Gasteiger partial charge in [0.15, 0.2) is 11.6 Å². The molecule has 0 amide bonds. The Labute approximate surface area is 109 Å². The highest BCUT2D eigenvalue weighted by Crippen LogP contribution is 2.22. The molecule has 1 atom stereocenters. The molecule has 1 aliphatic heterocycles. The van der Waals surface area contributed by atoms with Crippen LogP contribution in [0.5, 0.6) is 5.75 Å². The minimum absolute atomic E-state index is 0.172. The van der Waals surface area contributed by atoms with E-state index in [4.69, 9.17) is 4.74 Å². The van der Waals surface area contributed by atoms with Gasteiger partial charge >= 0.3 is 0 Å². The van der Waals surface area contributed by atoms with E-state index in [1.54, 1.807) is 6.20 Å². The third-order valence-corrected chi connectivity index (χ3v) is 3.08. The summed E-state index contributed by atoms with van der Waals surface area (Å²) in [5, 5.41) is 6.87. The van der Waals surface area contributed by atoms with Gasteiger partial charge in [-0.05, 0) is 51.8 Å². The van der Waals surface area contributed by atoms with Crippen molar-refractivity contribution in [2.75, 3.05) is 18.4 Å². The van der Waals surface area contributed by atoms with Gasteiger partial charge in [0.25, 0.3) is 0 Å². The fourth-order valence-electron chi connectivity index (χ4n) is 2.24. The van der Waals surface area contributed by atoms with Crippen molar-refractivity contribution in [2.45, 2.75) is 45.3 Å². The van der Waals surface area contributed by atoms with E-state index in [1.165, 1.54) is 12.8 Å². The maximum Gasteiger partial charge on any atom is 0.168 e. The molecule has 4 nitrogen and oxygen atoms in total. The van der Waals surface area contributed by atoms with Gasteiger partial charge in [-0.2, -0.15) is 0 Å². The first kappa shape index (κ1) is 13.1. The summed E-state index contributed by atoms with van der Waals surface area (Å²) in [6, 6.07) is 4.53. The maximum atomic E-state index is 5.73. The molecule has 2 heterocycles. The zero-order chi connectivity index (χ0) is 12.8. The molecule has 1 saturated heterocycles. The first-order chi connectivity index (χ1) is 8.75. The van der Waals surface area contributed by atoms with E-state index in [9.17, 15) is 0 Å². The standard InChI is InChI=1S/C14H23N3O/c1-11(2)18-13-6-4-9-16-14(13)17-10-7-12-5-3-8-15-12/h4,6,9,11-12,15H,3,5,7-8,10H2,1-2H3,(H,16,17)/t12-/m1/s1. The molecule has 0 radical (unpaired) electrons. The lowest BCUT2D eigenvalue weighted by molar-refractivity contribution is 0.243. The van der Waals surface area contributed by atoms with Crippen molar-refractivity contribution in [2.24, 2.45) is 0 Å². The van der Waals surface area contributed by atoms with E-state index in [0.29, 0.717) is 6.04 Å². The van der Waals surface area contributed by atoms with Crippen LogP contribution in [0.2, 0.25) is 0 Å². The molecule has 0 spiro atoms. The van der Waals surface area contributed by atoms with Crippen LogP contribution in [0.3, 0.4) is 0 Å². The normalized spacial score (nSPS) is 19.2. The van der Waals surface area contributed by atoms with Crippen LogP contribution in [-0.4, -0.2) is 30.2 Å². The van der Waals surface area contributed by atoms with Crippen molar-refractivity contribution < 1.29 is 4.74 Å². The number of nitrogens with one attached hydrogen (secondary N) is 2. The van der Waals surface area contributed by atoms with Crippen molar-refractivity contribution in [3.05, 3.63) is 18.3 Å². The molecule has 2 N–H and O–H groups in total. The number of pyridine rings is 1. The van der Waals surface area contributed by atoms with E-state index in [2.05, 4.69) is 15.6 Å². The van der Waals surface area contributed by atoms with Gasteiger partial charge in [-0.3, -0.25) is 0 Å². The lowest BCUT2D eigenvalue weighted by Gasteiger charge is -2.15. The van der Waals surface area contributed by atoms with Crippen LogP contribution in [0.1, 0.15) is 33.1 Å². The van der Waals surface area contributed by atoms with Crippen molar-refractivity contribution >= 4 is 5.82 Å². The fourth-order valence-corrected chi connectivity index (χ4v) is 2.24. The van der Waals surface area contributed by atoms with Gasteiger partial charge in [0, 0.05) is 18.8 Å². The number of aromatic nitrogens is 1. The quantitative estimate of drug-likeness (QED) is 0.813. The van der Waals surface area contributed by atoms with Crippen molar-refractivity contribution in [3.8, 4) is 5.75 Å². The van der Waals surface area contributed by atoms with Crippen molar-refractivity contribution in [1.82, 2.24) is 10.3 Å². The van der Waals surface area contributed by atoms with Crippen LogP contribution in [-0.2, 0) is 0 Å².